The standard InChI is InChI=1S/C20H21Br2N3O2S/c1-14-3-5-16(6-4-14)11-25(18-9-15(2)24(12-18)13-23)28(26,27)20-10-17(21)7-8-19(20)22/h3-8,10,15,18H,9,11-12H2,1-2H3. The molecule has 1 saturated heterocycles. The maximum atomic E-state index is 13.6. The molecule has 0 radical (unpaired) electrons. The molecule has 8 heteroatoms. The zero-order valence-corrected chi connectivity index (χ0v) is 19.6. The summed E-state index contributed by atoms with van der Waals surface area (Å²) in [7, 11) is -3.78. The second kappa shape index (κ2) is 8.54. The largest absolute Gasteiger partial charge is 0.306 e. The maximum absolute atomic E-state index is 13.6. The number of hydrogen-bond acceptors (Lipinski definition) is 4. The summed E-state index contributed by atoms with van der Waals surface area (Å²) < 4.78 is 30.0. The van der Waals surface area contributed by atoms with Crippen molar-refractivity contribution in [3.63, 3.8) is 0 Å². The van der Waals surface area contributed by atoms with Gasteiger partial charge in [-0.3, -0.25) is 0 Å². The molecule has 148 valence electrons. The molecule has 0 N–H and O–H groups in total. The molecule has 0 amide bonds. The predicted molar refractivity (Wildman–Crippen MR) is 116 cm³/mol. The first-order chi connectivity index (χ1) is 13.2. The highest BCUT2D eigenvalue weighted by atomic mass is 79.9. The van der Waals surface area contributed by atoms with Crippen molar-refractivity contribution in [2.24, 2.45) is 0 Å². The van der Waals surface area contributed by atoms with Gasteiger partial charge >= 0.3 is 0 Å². The van der Waals surface area contributed by atoms with E-state index in [1.807, 2.05) is 38.1 Å². The van der Waals surface area contributed by atoms with E-state index in [2.05, 4.69) is 38.1 Å². The van der Waals surface area contributed by atoms with Crippen molar-refractivity contribution in [3.05, 3.63) is 62.5 Å². The molecular weight excluding hydrogens is 506 g/mol. The number of nitriles is 1. The van der Waals surface area contributed by atoms with Crippen LogP contribution in [0, 0.1) is 18.4 Å². The quantitative estimate of drug-likeness (QED) is 0.532. The number of aryl methyl sites for hydroxylation is 1. The van der Waals surface area contributed by atoms with Gasteiger partial charge in [-0.1, -0.05) is 45.8 Å². The van der Waals surface area contributed by atoms with Crippen LogP contribution in [0.2, 0.25) is 0 Å². The third kappa shape index (κ3) is 4.43. The monoisotopic (exact) mass is 525 g/mol. The molecule has 2 unspecified atom stereocenters. The summed E-state index contributed by atoms with van der Waals surface area (Å²) in [5.41, 5.74) is 2.04. The Kier molecular flexibility index (Phi) is 6.50. The molecule has 1 fully saturated rings. The number of hydrogen-bond donors (Lipinski definition) is 0. The molecule has 3 rings (SSSR count). The zero-order chi connectivity index (χ0) is 20.5. The van der Waals surface area contributed by atoms with Crippen LogP contribution in [0.5, 0.6) is 0 Å². The predicted octanol–water partition coefficient (Wildman–Crippen LogP) is 4.65. The Labute approximate surface area is 183 Å². The van der Waals surface area contributed by atoms with Crippen LogP contribution in [-0.4, -0.2) is 36.3 Å². The van der Waals surface area contributed by atoms with Gasteiger partial charge in [0.25, 0.3) is 0 Å². The van der Waals surface area contributed by atoms with Gasteiger partial charge in [-0.2, -0.15) is 9.57 Å². The lowest BCUT2D eigenvalue weighted by Crippen LogP contribution is -2.41. The minimum absolute atomic E-state index is 0.0108. The summed E-state index contributed by atoms with van der Waals surface area (Å²) in [5, 5.41) is 9.35. The third-order valence-electron chi connectivity index (χ3n) is 5.03. The van der Waals surface area contributed by atoms with Crippen molar-refractivity contribution in [2.75, 3.05) is 6.54 Å². The molecule has 1 aliphatic rings. The lowest BCUT2D eigenvalue weighted by Gasteiger charge is -2.28. The third-order valence-corrected chi connectivity index (χ3v) is 8.41. The molecule has 2 atom stereocenters. The van der Waals surface area contributed by atoms with Crippen molar-refractivity contribution in [1.29, 1.82) is 5.26 Å². The highest BCUT2D eigenvalue weighted by molar-refractivity contribution is 9.11. The number of benzene rings is 2. The van der Waals surface area contributed by atoms with Crippen molar-refractivity contribution >= 4 is 41.9 Å². The number of halogens is 2. The van der Waals surface area contributed by atoms with E-state index in [9.17, 15) is 13.7 Å². The topological polar surface area (TPSA) is 64.4 Å². The molecule has 0 aromatic heterocycles. The van der Waals surface area contributed by atoms with Gasteiger partial charge in [-0.15, -0.1) is 0 Å². The molecule has 2 aromatic rings. The van der Waals surface area contributed by atoms with Crippen molar-refractivity contribution in [1.82, 2.24) is 9.21 Å². The summed E-state index contributed by atoms with van der Waals surface area (Å²) in [6.45, 7) is 4.61. The fourth-order valence-corrected chi connectivity index (χ4v) is 6.52. The van der Waals surface area contributed by atoms with Gasteiger partial charge in [0.05, 0.1) is 4.90 Å². The van der Waals surface area contributed by atoms with Crippen LogP contribution in [0.15, 0.2) is 56.3 Å². The summed E-state index contributed by atoms with van der Waals surface area (Å²) >= 11 is 6.76. The van der Waals surface area contributed by atoms with Crippen LogP contribution in [0.25, 0.3) is 0 Å². The number of likely N-dealkylation sites (tertiary alicyclic amines) is 1. The van der Waals surface area contributed by atoms with Gasteiger partial charge in [-0.25, -0.2) is 8.42 Å². The van der Waals surface area contributed by atoms with E-state index in [0.717, 1.165) is 11.1 Å². The molecule has 5 nitrogen and oxygen atoms in total. The van der Waals surface area contributed by atoms with Gasteiger partial charge in [-0.05, 0) is 60.0 Å². The second-order valence-electron chi connectivity index (χ2n) is 7.10. The average Bonchev–Trinajstić information content (AvgIpc) is 3.03. The zero-order valence-electron chi connectivity index (χ0n) is 15.6. The average molecular weight is 527 g/mol. The number of sulfonamides is 1. The van der Waals surface area contributed by atoms with E-state index in [4.69, 9.17) is 0 Å². The van der Waals surface area contributed by atoms with Gasteiger partial charge in [0, 0.05) is 34.1 Å². The summed E-state index contributed by atoms with van der Waals surface area (Å²) in [5.74, 6) is 0. The van der Waals surface area contributed by atoms with E-state index in [-0.39, 0.29) is 23.5 Å². The first-order valence-corrected chi connectivity index (χ1v) is 11.9. The number of rotatable bonds is 5. The minimum Gasteiger partial charge on any atom is -0.306 e. The Bertz CT molecular complexity index is 1000. The van der Waals surface area contributed by atoms with E-state index in [0.29, 0.717) is 21.9 Å². The molecule has 0 saturated carbocycles. The lowest BCUT2D eigenvalue weighted by atomic mass is 10.1. The summed E-state index contributed by atoms with van der Waals surface area (Å²) in [4.78, 5) is 1.87. The molecule has 0 spiro atoms. The Balaban J connectivity index is 2.03. The Hall–Kier alpha value is -1.40. The molecule has 1 heterocycles. The maximum Gasteiger partial charge on any atom is 0.244 e. The van der Waals surface area contributed by atoms with Gasteiger partial charge in [0.15, 0.2) is 6.19 Å². The van der Waals surface area contributed by atoms with Crippen LogP contribution in [0.1, 0.15) is 24.5 Å². The van der Waals surface area contributed by atoms with E-state index in [1.165, 1.54) is 4.31 Å². The van der Waals surface area contributed by atoms with Gasteiger partial charge < -0.3 is 4.90 Å². The fourth-order valence-electron chi connectivity index (χ4n) is 3.44. The van der Waals surface area contributed by atoms with Crippen LogP contribution in [0.4, 0.5) is 0 Å². The first kappa shape index (κ1) is 21.3. The molecule has 2 aromatic carbocycles. The Morgan fingerprint density at radius 2 is 1.89 bits per heavy atom. The lowest BCUT2D eigenvalue weighted by molar-refractivity contribution is 0.313. The second-order valence-corrected chi connectivity index (χ2v) is 10.7. The molecular formula is C20H21Br2N3O2S. The van der Waals surface area contributed by atoms with Crippen LogP contribution in [-0.2, 0) is 16.6 Å². The highest BCUT2D eigenvalue weighted by Crippen LogP contribution is 2.33. The van der Waals surface area contributed by atoms with E-state index in [1.54, 1.807) is 23.1 Å². The van der Waals surface area contributed by atoms with Crippen LogP contribution >= 0.6 is 31.9 Å². The summed E-state index contributed by atoms with van der Waals surface area (Å²) in [6.07, 6.45) is 2.79. The Morgan fingerprint density at radius 3 is 2.50 bits per heavy atom. The summed E-state index contributed by atoms with van der Waals surface area (Å²) in [6, 6.07) is 12.7. The Morgan fingerprint density at radius 1 is 1.21 bits per heavy atom. The van der Waals surface area contributed by atoms with Crippen molar-refractivity contribution < 1.29 is 8.42 Å². The molecule has 1 aliphatic heterocycles. The van der Waals surface area contributed by atoms with E-state index < -0.39 is 10.0 Å². The van der Waals surface area contributed by atoms with E-state index >= 15 is 0 Å². The molecule has 0 aliphatic carbocycles. The smallest absolute Gasteiger partial charge is 0.244 e. The number of nitrogens with zero attached hydrogens (tertiary/aromatic N) is 3. The van der Waals surface area contributed by atoms with Crippen LogP contribution in [0.3, 0.4) is 0 Å². The van der Waals surface area contributed by atoms with Gasteiger partial charge in [0.1, 0.15) is 0 Å². The SMILES string of the molecule is Cc1ccc(CN(C2CC(C)N(C#N)C2)S(=O)(=O)c2cc(Br)ccc2Br)cc1. The van der Waals surface area contributed by atoms with Gasteiger partial charge in [0.2, 0.25) is 10.0 Å². The first-order valence-electron chi connectivity index (χ1n) is 8.91. The minimum atomic E-state index is -3.78. The van der Waals surface area contributed by atoms with Crippen molar-refractivity contribution in [2.45, 2.75) is 43.8 Å². The molecule has 28 heavy (non-hydrogen) atoms. The van der Waals surface area contributed by atoms with Crippen LogP contribution < -0.4 is 0 Å². The normalized spacial score (nSPS) is 19.8. The molecule has 0 bridgehead atoms. The highest BCUT2D eigenvalue weighted by Gasteiger charge is 2.39. The fraction of sp³-hybridized carbons (Fsp3) is 0.350. The van der Waals surface area contributed by atoms with Crippen molar-refractivity contribution in [3.8, 4) is 6.19 Å².